The number of carbonyl (C=O) groups is 1. The summed E-state index contributed by atoms with van der Waals surface area (Å²) >= 11 is 0. The molecule has 6 heavy (non-hydrogen) atoms. The van der Waals surface area contributed by atoms with Gasteiger partial charge in [0.25, 0.3) is 0 Å². The van der Waals surface area contributed by atoms with Crippen LogP contribution in [0.15, 0.2) is 0 Å². The molecule has 0 aromatic carbocycles. The molecule has 0 spiro atoms. The zero-order valence-electron chi connectivity index (χ0n) is 7.22. The first-order chi connectivity index (χ1) is 1.73. The van der Waals surface area contributed by atoms with Crippen molar-refractivity contribution in [2.24, 2.45) is 0 Å². The van der Waals surface area contributed by atoms with E-state index in [0.717, 1.165) is 0 Å². The molecule has 0 unspecified atom stereocenters. The largest absolute Gasteiger partial charge is 2.00 e. The molecule has 5 heteroatoms. The number of carboxylic acid groups (broad SMARTS) is 2. The topological polar surface area (TPSA) is 57.5 Å². The molecule has 0 radical (unpaired) electrons. The van der Waals surface area contributed by atoms with Crippen LogP contribution in [-0.2, 0) is 0 Å². The fourth-order valence-corrected chi connectivity index (χ4v) is 0. The average molecular weight is 130 g/mol. The van der Waals surface area contributed by atoms with Crippen molar-refractivity contribution >= 4 is 66.9 Å². The molecule has 0 saturated carbocycles. The Hall–Kier alpha value is 1.30. The first-order valence-electron chi connectivity index (χ1n) is 0.651. The van der Waals surface area contributed by atoms with E-state index in [1.807, 2.05) is 0 Å². The van der Waals surface area contributed by atoms with Crippen LogP contribution < -0.4 is 0 Å². The van der Waals surface area contributed by atoms with Gasteiger partial charge in [-0.05, 0) is 0 Å². The van der Waals surface area contributed by atoms with E-state index in [4.69, 9.17) is 15.0 Å². The molecule has 0 fully saturated rings. The Bertz CT molecular complexity index is 43.5. The maximum absolute atomic E-state index is 8.56. The van der Waals surface area contributed by atoms with Gasteiger partial charge >= 0.3 is 66.9 Å². The minimum absolute atomic E-state index is 0. The van der Waals surface area contributed by atoms with Crippen molar-refractivity contribution in [3.8, 4) is 0 Å². The summed E-state index contributed by atoms with van der Waals surface area (Å²) in [7, 11) is 0. The normalized spacial score (nSPS) is 4.00. The zero-order chi connectivity index (χ0) is 3.58. The first kappa shape index (κ1) is 15.7. The number of hydrogen-bond donors (Lipinski definition) is 2. The van der Waals surface area contributed by atoms with E-state index in [1.54, 1.807) is 0 Å². The van der Waals surface area contributed by atoms with E-state index < -0.39 is 6.16 Å². The SMILES string of the molecule is O=C(O)O.[Ca+2].[H-].[H-].[H-].[H-].[Mg+2]. The van der Waals surface area contributed by atoms with Gasteiger partial charge < -0.3 is 15.9 Å². The quantitative estimate of drug-likeness (QED) is 0.451. The van der Waals surface area contributed by atoms with Crippen LogP contribution in [0.2, 0.25) is 0 Å². The van der Waals surface area contributed by atoms with Gasteiger partial charge in [0.05, 0.1) is 0 Å². The van der Waals surface area contributed by atoms with Crippen LogP contribution >= 0.6 is 0 Å². The van der Waals surface area contributed by atoms with Crippen molar-refractivity contribution in [3.63, 3.8) is 0 Å². The van der Waals surface area contributed by atoms with Gasteiger partial charge in [-0.1, -0.05) is 0 Å². The molecule has 0 aliphatic rings. The van der Waals surface area contributed by atoms with E-state index in [-0.39, 0.29) is 66.5 Å². The van der Waals surface area contributed by atoms with Crippen LogP contribution in [0.4, 0.5) is 4.79 Å². The molecule has 0 atom stereocenters. The van der Waals surface area contributed by atoms with Gasteiger partial charge in [0, 0.05) is 0 Å². The minimum Gasteiger partial charge on any atom is -1.00 e. The zero-order valence-corrected chi connectivity index (χ0v) is 6.84. The molecular weight excluding hydrogens is 124 g/mol. The molecule has 0 heterocycles. The Kier molecular flexibility index (Phi) is 25.0. The van der Waals surface area contributed by atoms with Gasteiger partial charge in [-0.15, -0.1) is 0 Å². The smallest absolute Gasteiger partial charge is 1.00 e. The Labute approximate surface area is 86.8 Å². The average Bonchev–Trinajstić information content (AvgIpc) is 0.811. The molecule has 3 nitrogen and oxygen atoms in total. The maximum atomic E-state index is 8.56. The van der Waals surface area contributed by atoms with Crippen LogP contribution in [0, 0.1) is 0 Å². The van der Waals surface area contributed by atoms with Crippen molar-refractivity contribution in [3.05, 3.63) is 0 Å². The van der Waals surface area contributed by atoms with E-state index in [1.165, 1.54) is 0 Å². The Morgan fingerprint density at radius 3 is 1.50 bits per heavy atom. The minimum atomic E-state index is -1.83. The van der Waals surface area contributed by atoms with Crippen molar-refractivity contribution in [2.75, 3.05) is 0 Å². The number of hydrogen-bond acceptors (Lipinski definition) is 1. The summed E-state index contributed by atoms with van der Waals surface area (Å²) in [6, 6.07) is 0. The Balaban J connectivity index is -0.00000000300. The summed E-state index contributed by atoms with van der Waals surface area (Å²) in [5, 5.41) is 13.9. The van der Waals surface area contributed by atoms with Crippen molar-refractivity contribution in [1.29, 1.82) is 0 Å². The van der Waals surface area contributed by atoms with Crippen LogP contribution in [0.3, 0.4) is 0 Å². The first-order valence-corrected chi connectivity index (χ1v) is 0.651. The third kappa shape index (κ3) is 58.2. The Morgan fingerprint density at radius 1 is 1.50 bits per heavy atom. The molecule has 0 aliphatic heterocycles. The molecular formula is CH6CaMgO3. The fourth-order valence-electron chi connectivity index (χ4n) is 0. The predicted molar refractivity (Wildman–Crippen MR) is 26.6 cm³/mol. The summed E-state index contributed by atoms with van der Waals surface area (Å²) < 4.78 is 0. The molecule has 0 amide bonds. The summed E-state index contributed by atoms with van der Waals surface area (Å²) in [6.45, 7) is 0. The molecule has 0 aliphatic carbocycles. The van der Waals surface area contributed by atoms with Crippen molar-refractivity contribution < 1.29 is 20.7 Å². The van der Waals surface area contributed by atoms with Crippen molar-refractivity contribution in [2.45, 2.75) is 0 Å². The monoisotopic (exact) mass is 130 g/mol. The molecule has 0 bridgehead atoms. The summed E-state index contributed by atoms with van der Waals surface area (Å²) in [4.78, 5) is 8.56. The number of rotatable bonds is 0. The van der Waals surface area contributed by atoms with E-state index in [2.05, 4.69) is 0 Å². The molecule has 2 N–H and O–H groups in total. The van der Waals surface area contributed by atoms with Gasteiger partial charge in [0.1, 0.15) is 0 Å². The Morgan fingerprint density at radius 2 is 1.50 bits per heavy atom. The van der Waals surface area contributed by atoms with Gasteiger partial charge in [0.2, 0.25) is 0 Å². The van der Waals surface area contributed by atoms with Gasteiger partial charge in [0.15, 0.2) is 0 Å². The predicted octanol–water partition coefficient (Wildman–Crippen LogP) is -0.0892. The second kappa shape index (κ2) is 9.57. The van der Waals surface area contributed by atoms with Crippen LogP contribution in [0.25, 0.3) is 0 Å². The van der Waals surface area contributed by atoms with Crippen LogP contribution in [0.5, 0.6) is 0 Å². The van der Waals surface area contributed by atoms with Crippen molar-refractivity contribution in [1.82, 2.24) is 0 Å². The molecule has 0 aromatic heterocycles. The summed E-state index contributed by atoms with van der Waals surface area (Å²) in [5.41, 5.74) is 0. The van der Waals surface area contributed by atoms with E-state index >= 15 is 0 Å². The van der Waals surface area contributed by atoms with Gasteiger partial charge in [-0.25, -0.2) is 4.79 Å². The maximum Gasteiger partial charge on any atom is 2.00 e. The molecule has 0 saturated heterocycles. The third-order valence-corrected chi connectivity index (χ3v) is 0. The van der Waals surface area contributed by atoms with E-state index in [0.29, 0.717) is 0 Å². The fraction of sp³-hybridized carbons (Fsp3) is 0. The summed E-state index contributed by atoms with van der Waals surface area (Å²) in [6.07, 6.45) is -1.83. The van der Waals surface area contributed by atoms with Gasteiger partial charge in [-0.2, -0.15) is 0 Å². The van der Waals surface area contributed by atoms with Crippen LogP contribution in [-0.4, -0.2) is 77.2 Å². The van der Waals surface area contributed by atoms with E-state index in [9.17, 15) is 0 Å². The van der Waals surface area contributed by atoms with Gasteiger partial charge in [-0.3, -0.25) is 0 Å². The second-order valence-corrected chi connectivity index (χ2v) is 0.283. The third-order valence-electron chi connectivity index (χ3n) is 0. The molecule has 0 aromatic rings. The summed E-state index contributed by atoms with van der Waals surface area (Å²) in [5.74, 6) is 0. The molecule has 0 rings (SSSR count). The standard InChI is InChI=1S/CH2O3.Ca.Mg.4H/c2-1(3)4;;;;;;/h(H2,2,3,4);;;;;;/q;2*+2;4*-1. The second-order valence-electron chi connectivity index (χ2n) is 0.283. The molecule has 32 valence electrons. The van der Waals surface area contributed by atoms with Crippen LogP contribution in [0.1, 0.15) is 5.71 Å².